The minimum atomic E-state index is -2.99. The summed E-state index contributed by atoms with van der Waals surface area (Å²) in [5.41, 5.74) is 0. The number of sulfone groups is 1. The van der Waals surface area contributed by atoms with Gasteiger partial charge in [0.15, 0.2) is 9.84 Å². The number of amides is 1. The first kappa shape index (κ1) is 15.7. The van der Waals surface area contributed by atoms with E-state index in [1.807, 2.05) is 0 Å². The van der Waals surface area contributed by atoms with Gasteiger partial charge in [-0.25, -0.2) is 8.42 Å². The Kier molecular flexibility index (Phi) is 5.04. The van der Waals surface area contributed by atoms with Crippen molar-refractivity contribution in [2.75, 3.05) is 38.3 Å². The van der Waals surface area contributed by atoms with Gasteiger partial charge in [-0.05, 0) is 25.3 Å². The summed E-state index contributed by atoms with van der Waals surface area (Å²) in [5.74, 6) is 0.589. The highest BCUT2D eigenvalue weighted by Crippen LogP contribution is 2.22. The maximum Gasteiger partial charge on any atom is 0.240 e. The molecule has 6 nitrogen and oxygen atoms in total. The zero-order chi connectivity index (χ0) is 14.8. The van der Waals surface area contributed by atoms with Gasteiger partial charge in [-0.1, -0.05) is 6.92 Å². The summed E-state index contributed by atoms with van der Waals surface area (Å²) in [6.07, 6.45) is 1.52. The molecule has 0 aromatic rings. The lowest BCUT2D eigenvalue weighted by molar-refractivity contribution is -0.136. The van der Waals surface area contributed by atoms with Crippen LogP contribution in [0.1, 0.15) is 19.8 Å². The molecule has 2 fully saturated rings. The number of rotatable bonds is 5. The van der Waals surface area contributed by atoms with E-state index in [1.165, 1.54) is 0 Å². The van der Waals surface area contributed by atoms with Crippen molar-refractivity contribution in [2.45, 2.75) is 31.8 Å². The monoisotopic (exact) mass is 304 g/mol. The molecule has 2 saturated heterocycles. The molecule has 20 heavy (non-hydrogen) atoms. The Hall–Kier alpha value is -0.660. The Bertz CT molecular complexity index is 451. The van der Waals surface area contributed by atoms with Crippen molar-refractivity contribution in [3.8, 4) is 0 Å². The van der Waals surface area contributed by atoms with Crippen LogP contribution in [-0.2, 0) is 19.4 Å². The quantitative estimate of drug-likeness (QED) is 0.751. The molecule has 0 radical (unpaired) electrons. The molecule has 1 N–H and O–H groups in total. The summed E-state index contributed by atoms with van der Waals surface area (Å²) in [6, 6.07) is -0.382. The largest absolute Gasteiger partial charge is 0.383 e. The molecular formula is C13H24N2O4S. The second-order valence-electron chi connectivity index (χ2n) is 5.78. The van der Waals surface area contributed by atoms with E-state index in [9.17, 15) is 13.2 Å². The summed E-state index contributed by atoms with van der Waals surface area (Å²) >= 11 is 0. The van der Waals surface area contributed by atoms with E-state index in [0.717, 1.165) is 13.0 Å². The molecule has 7 heteroatoms. The molecule has 3 atom stereocenters. The minimum absolute atomic E-state index is 0.0224. The minimum Gasteiger partial charge on any atom is -0.383 e. The van der Waals surface area contributed by atoms with Crippen LogP contribution in [0.5, 0.6) is 0 Å². The highest BCUT2D eigenvalue weighted by molar-refractivity contribution is 7.91. The first-order valence-corrected chi connectivity index (χ1v) is 9.00. The van der Waals surface area contributed by atoms with E-state index in [1.54, 1.807) is 12.0 Å². The van der Waals surface area contributed by atoms with Crippen LogP contribution in [0.4, 0.5) is 0 Å². The molecule has 2 rings (SSSR count). The van der Waals surface area contributed by atoms with Crippen LogP contribution in [-0.4, -0.2) is 69.6 Å². The van der Waals surface area contributed by atoms with Crippen LogP contribution in [0.15, 0.2) is 0 Å². The van der Waals surface area contributed by atoms with Gasteiger partial charge in [0, 0.05) is 19.7 Å². The average molecular weight is 304 g/mol. The van der Waals surface area contributed by atoms with Crippen molar-refractivity contribution in [1.82, 2.24) is 10.2 Å². The lowest BCUT2D eigenvalue weighted by Crippen LogP contribution is -2.51. The third kappa shape index (κ3) is 3.51. The van der Waals surface area contributed by atoms with E-state index in [2.05, 4.69) is 12.2 Å². The SMILES string of the molecule is COCCN(C(=O)C1NCCC1C)C1CCS(=O)(=O)C1. The molecule has 1 amide bonds. The number of ether oxygens (including phenoxy) is 1. The number of methoxy groups -OCH3 is 1. The van der Waals surface area contributed by atoms with Gasteiger partial charge in [-0.15, -0.1) is 0 Å². The van der Waals surface area contributed by atoms with Crippen LogP contribution in [0, 0.1) is 5.92 Å². The zero-order valence-electron chi connectivity index (χ0n) is 12.2. The van der Waals surface area contributed by atoms with Crippen LogP contribution in [0.2, 0.25) is 0 Å². The predicted molar refractivity (Wildman–Crippen MR) is 76.2 cm³/mol. The third-order valence-corrected chi connectivity index (χ3v) is 6.02. The summed E-state index contributed by atoms with van der Waals surface area (Å²) in [6.45, 7) is 3.80. The van der Waals surface area contributed by atoms with E-state index < -0.39 is 9.84 Å². The first-order chi connectivity index (χ1) is 9.44. The Morgan fingerprint density at radius 2 is 2.15 bits per heavy atom. The van der Waals surface area contributed by atoms with Crippen molar-refractivity contribution >= 4 is 15.7 Å². The van der Waals surface area contributed by atoms with Gasteiger partial charge in [0.25, 0.3) is 0 Å². The van der Waals surface area contributed by atoms with Gasteiger partial charge in [0.1, 0.15) is 0 Å². The van der Waals surface area contributed by atoms with Crippen molar-refractivity contribution in [1.29, 1.82) is 0 Å². The Labute approximate surface area is 120 Å². The van der Waals surface area contributed by atoms with Gasteiger partial charge < -0.3 is 15.0 Å². The van der Waals surface area contributed by atoms with E-state index in [-0.39, 0.29) is 29.5 Å². The molecule has 0 saturated carbocycles. The van der Waals surface area contributed by atoms with E-state index in [0.29, 0.717) is 25.5 Å². The van der Waals surface area contributed by atoms with Gasteiger partial charge >= 0.3 is 0 Å². The third-order valence-electron chi connectivity index (χ3n) is 4.27. The molecule has 2 aliphatic rings. The summed E-state index contributed by atoms with van der Waals surface area (Å²) in [7, 11) is -1.40. The van der Waals surface area contributed by atoms with E-state index >= 15 is 0 Å². The Morgan fingerprint density at radius 3 is 2.65 bits per heavy atom. The number of nitrogens with zero attached hydrogens (tertiary/aromatic N) is 1. The number of nitrogens with one attached hydrogen (secondary N) is 1. The normalized spacial score (nSPS) is 32.4. The molecule has 0 aromatic carbocycles. The lowest BCUT2D eigenvalue weighted by atomic mass is 10.0. The molecule has 0 aromatic heterocycles. The maximum absolute atomic E-state index is 12.7. The molecule has 2 heterocycles. The van der Waals surface area contributed by atoms with Crippen LogP contribution >= 0.6 is 0 Å². The molecule has 2 aliphatic heterocycles. The fourth-order valence-electron chi connectivity index (χ4n) is 3.03. The number of carbonyl (C=O) groups is 1. The summed E-state index contributed by atoms with van der Waals surface area (Å²) < 4.78 is 28.3. The fraction of sp³-hybridized carbons (Fsp3) is 0.923. The molecule has 0 aliphatic carbocycles. The lowest BCUT2D eigenvalue weighted by Gasteiger charge is -2.31. The number of hydrogen-bond acceptors (Lipinski definition) is 5. The van der Waals surface area contributed by atoms with Crippen LogP contribution < -0.4 is 5.32 Å². The van der Waals surface area contributed by atoms with Gasteiger partial charge in [0.05, 0.1) is 24.2 Å². The molecule has 0 bridgehead atoms. The standard InChI is InChI=1S/C13H24N2O4S/c1-10-3-5-14-12(10)13(16)15(6-7-19-2)11-4-8-20(17,18)9-11/h10-12,14H,3-9H2,1-2H3. The molecule has 116 valence electrons. The average Bonchev–Trinajstić information content (AvgIpc) is 2.95. The van der Waals surface area contributed by atoms with Gasteiger partial charge in [-0.2, -0.15) is 0 Å². The van der Waals surface area contributed by atoms with Gasteiger partial charge in [0.2, 0.25) is 5.91 Å². The zero-order valence-corrected chi connectivity index (χ0v) is 13.0. The topological polar surface area (TPSA) is 75.7 Å². The van der Waals surface area contributed by atoms with Crippen molar-refractivity contribution in [3.63, 3.8) is 0 Å². The first-order valence-electron chi connectivity index (χ1n) is 7.18. The maximum atomic E-state index is 12.7. The summed E-state index contributed by atoms with van der Waals surface area (Å²) in [5, 5.41) is 3.23. The second-order valence-corrected chi connectivity index (χ2v) is 8.01. The van der Waals surface area contributed by atoms with E-state index in [4.69, 9.17) is 4.74 Å². The highest BCUT2D eigenvalue weighted by atomic mass is 32.2. The van der Waals surface area contributed by atoms with Crippen molar-refractivity contribution in [2.24, 2.45) is 5.92 Å². The number of hydrogen-bond donors (Lipinski definition) is 1. The molecule has 0 spiro atoms. The molecular weight excluding hydrogens is 280 g/mol. The fourth-order valence-corrected chi connectivity index (χ4v) is 4.76. The van der Waals surface area contributed by atoms with Crippen LogP contribution in [0.3, 0.4) is 0 Å². The smallest absolute Gasteiger partial charge is 0.240 e. The Balaban J connectivity index is 2.08. The second kappa shape index (κ2) is 6.41. The van der Waals surface area contributed by atoms with Gasteiger partial charge in [-0.3, -0.25) is 4.79 Å². The van der Waals surface area contributed by atoms with Crippen molar-refractivity contribution < 1.29 is 17.9 Å². The summed E-state index contributed by atoms with van der Waals surface area (Å²) in [4.78, 5) is 14.4. The predicted octanol–water partition coefficient (Wildman–Crippen LogP) is -0.353. The Morgan fingerprint density at radius 1 is 1.40 bits per heavy atom. The van der Waals surface area contributed by atoms with Crippen molar-refractivity contribution in [3.05, 3.63) is 0 Å². The number of carbonyl (C=O) groups excluding carboxylic acids is 1. The van der Waals surface area contributed by atoms with Crippen LogP contribution in [0.25, 0.3) is 0 Å². The molecule has 3 unspecified atom stereocenters. The highest BCUT2D eigenvalue weighted by Gasteiger charge is 2.39.